The van der Waals surface area contributed by atoms with Crippen molar-refractivity contribution in [3.63, 3.8) is 0 Å². The van der Waals surface area contributed by atoms with Crippen molar-refractivity contribution >= 4 is 5.69 Å². The Balaban J connectivity index is 1.23. The Morgan fingerprint density at radius 2 is 1.81 bits per heavy atom. The third-order valence-electron chi connectivity index (χ3n) is 6.37. The Morgan fingerprint density at radius 1 is 1.04 bits per heavy atom. The smallest absolute Gasteiger partial charge is 0.115 e. The van der Waals surface area contributed by atoms with Crippen LogP contribution in [0.5, 0.6) is 0 Å². The summed E-state index contributed by atoms with van der Waals surface area (Å²) in [6, 6.07) is 11.5. The zero-order chi connectivity index (χ0) is 18.5. The maximum atomic E-state index is 4.61. The van der Waals surface area contributed by atoms with Crippen LogP contribution < -0.4 is 4.90 Å². The minimum atomic E-state index is 0.664. The molecule has 0 unspecified atom stereocenters. The summed E-state index contributed by atoms with van der Waals surface area (Å²) >= 11 is 0. The average Bonchev–Trinajstić information content (AvgIpc) is 2.74. The molecule has 0 saturated carbocycles. The van der Waals surface area contributed by atoms with Gasteiger partial charge >= 0.3 is 0 Å². The molecule has 1 aliphatic heterocycles. The first kappa shape index (κ1) is 18.4. The lowest BCUT2D eigenvalue weighted by Gasteiger charge is -2.38. The number of hydrogen-bond acceptors (Lipinski definition) is 4. The summed E-state index contributed by atoms with van der Waals surface area (Å²) in [7, 11) is 2.24. The monoisotopic (exact) mass is 364 g/mol. The molecular formula is C23H32N4. The molecule has 2 aliphatic rings. The number of hydrogen-bond donors (Lipinski definition) is 0. The molecule has 0 N–H and O–H groups in total. The molecule has 2 aromatic rings. The van der Waals surface area contributed by atoms with E-state index in [1.165, 1.54) is 80.8 Å². The van der Waals surface area contributed by atoms with E-state index in [0.29, 0.717) is 6.04 Å². The van der Waals surface area contributed by atoms with Gasteiger partial charge in [-0.1, -0.05) is 18.2 Å². The van der Waals surface area contributed by atoms with Crippen LogP contribution in [0.3, 0.4) is 0 Å². The fourth-order valence-electron chi connectivity index (χ4n) is 4.68. The molecule has 4 rings (SSSR count). The second-order valence-electron chi connectivity index (χ2n) is 8.08. The molecule has 0 atom stereocenters. The predicted octanol–water partition coefficient (Wildman–Crippen LogP) is 3.89. The standard InChI is InChI=1S/C23H32N4/c1-26(19-8-3-2-4-9-19)20-13-16-27(17-14-20)15-7-12-23-21-10-5-6-11-22(21)24-18-25-23/h2-4,8-9,18,20H,5-7,10-17H2,1H3. The van der Waals surface area contributed by atoms with Gasteiger partial charge in [-0.25, -0.2) is 9.97 Å². The number of benzene rings is 1. The molecule has 0 spiro atoms. The van der Waals surface area contributed by atoms with E-state index in [9.17, 15) is 0 Å². The minimum absolute atomic E-state index is 0.664. The highest BCUT2D eigenvalue weighted by Crippen LogP contribution is 2.24. The third-order valence-corrected chi connectivity index (χ3v) is 6.37. The van der Waals surface area contributed by atoms with E-state index in [1.807, 2.05) is 0 Å². The van der Waals surface area contributed by atoms with Crippen LogP contribution in [0.1, 0.15) is 49.1 Å². The number of nitrogens with zero attached hydrogens (tertiary/aromatic N) is 4. The molecule has 4 heteroatoms. The van der Waals surface area contributed by atoms with Crippen LogP contribution in [-0.2, 0) is 19.3 Å². The summed E-state index contributed by atoms with van der Waals surface area (Å²) in [6.45, 7) is 3.62. The number of anilines is 1. The van der Waals surface area contributed by atoms with Gasteiger partial charge in [-0.3, -0.25) is 0 Å². The first-order chi connectivity index (χ1) is 13.3. The van der Waals surface area contributed by atoms with Crippen molar-refractivity contribution in [2.45, 2.75) is 57.4 Å². The number of aromatic nitrogens is 2. The fraction of sp³-hybridized carbons (Fsp3) is 0.565. The van der Waals surface area contributed by atoms with Gasteiger partial charge in [-0.15, -0.1) is 0 Å². The maximum Gasteiger partial charge on any atom is 0.115 e. The van der Waals surface area contributed by atoms with E-state index in [-0.39, 0.29) is 0 Å². The zero-order valence-electron chi connectivity index (χ0n) is 16.6. The van der Waals surface area contributed by atoms with Crippen LogP contribution in [0, 0.1) is 0 Å². The van der Waals surface area contributed by atoms with Crippen molar-refractivity contribution in [3.8, 4) is 0 Å². The number of likely N-dealkylation sites (tertiary alicyclic amines) is 1. The van der Waals surface area contributed by atoms with E-state index >= 15 is 0 Å². The van der Waals surface area contributed by atoms with Gasteiger partial charge in [0.15, 0.2) is 0 Å². The van der Waals surface area contributed by atoms with Crippen molar-refractivity contribution in [2.24, 2.45) is 0 Å². The number of rotatable bonds is 6. The van der Waals surface area contributed by atoms with Crippen molar-refractivity contribution in [2.75, 3.05) is 31.6 Å². The highest BCUT2D eigenvalue weighted by atomic mass is 15.2. The summed E-state index contributed by atoms with van der Waals surface area (Å²) < 4.78 is 0. The van der Waals surface area contributed by atoms with E-state index in [0.717, 1.165) is 12.8 Å². The van der Waals surface area contributed by atoms with Crippen molar-refractivity contribution in [1.82, 2.24) is 14.9 Å². The van der Waals surface area contributed by atoms with E-state index in [2.05, 4.69) is 57.1 Å². The lowest BCUT2D eigenvalue weighted by Crippen LogP contribution is -2.43. The fourth-order valence-corrected chi connectivity index (χ4v) is 4.68. The third kappa shape index (κ3) is 4.49. The topological polar surface area (TPSA) is 32.3 Å². The molecule has 1 aromatic heterocycles. The molecule has 1 aromatic carbocycles. The van der Waals surface area contributed by atoms with E-state index in [4.69, 9.17) is 0 Å². The van der Waals surface area contributed by atoms with Gasteiger partial charge in [0, 0.05) is 43.3 Å². The van der Waals surface area contributed by atoms with Gasteiger partial charge in [0.2, 0.25) is 0 Å². The van der Waals surface area contributed by atoms with Crippen LogP contribution in [0.15, 0.2) is 36.7 Å². The summed E-state index contributed by atoms with van der Waals surface area (Å²) in [6.07, 6.45) is 11.5. The molecule has 0 bridgehead atoms. The Kier molecular flexibility index (Phi) is 6.03. The van der Waals surface area contributed by atoms with Crippen molar-refractivity contribution < 1.29 is 0 Å². The maximum absolute atomic E-state index is 4.61. The van der Waals surface area contributed by atoms with Gasteiger partial charge in [0.05, 0.1) is 0 Å². The first-order valence-corrected chi connectivity index (χ1v) is 10.6. The average molecular weight is 365 g/mol. The Morgan fingerprint density at radius 3 is 2.63 bits per heavy atom. The number of fused-ring (bicyclic) bond motifs is 1. The van der Waals surface area contributed by atoms with Gasteiger partial charge in [-0.05, 0) is 75.6 Å². The van der Waals surface area contributed by atoms with Gasteiger partial charge < -0.3 is 9.80 Å². The highest BCUT2D eigenvalue weighted by Gasteiger charge is 2.22. The van der Waals surface area contributed by atoms with Crippen molar-refractivity contribution in [1.29, 1.82) is 0 Å². The summed E-state index contributed by atoms with van der Waals surface area (Å²) in [5.74, 6) is 0. The van der Waals surface area contributed by atoms with Gasteiger partial charge in [0.25, 0.3) is 0 Å². The predicted molar refractivity (Wildman–Crippen MR) is 111 cm³/mol. The van der Waals surface area contributed by atoms with Crippen LogP contribution in [0.2, 0.25) is 0 Å². The lowest BCUT2D eigenvalue weighted by molar-refractivity contribution is 0.209. The Hall–Kier alpha value is -1.94. The highest BCUT2D eigenvalue weighted by molar-refractivity contribution is 5.46. The number of aryl methyl sites for hydroxylation is 2. The summed E-state index contributed by atoms with van der Waals surface area (Å²) in [5, 5.41) is 0. The molecule has 27 heavy (non-hydrogen) atoms. The van der Waals surface area contributed by atoms with Gasteiger partial charge in [0.1, 0.15) is 6.33 Å². The molecule has 2 heterocycles. The first-order valence-electron chi connectivity index (χ1n) is 10.6. The summed E-state index contributed by atoms with van der Waals surface area (Å²) in [4.78, 5) is 14.2. The Labute approximate surface area is 163 Å². The second-order valence-corrected chi connectivity index (χ2v) is 8.08. The normalized spacial score (nSPS) is 18.3. The largest absolute Gasteiger partial charge is 0.372 e. The summed E-state index contributed by atoms with van der Waals surface area (Å²) in [5.41, 5.74) is 5.44. The van der Waals surface area contributed by atoms with Crippen LogP contribution in [0.25, 0.3) is 0 Å². The molecule has 4 nitrogen and oxygen atoms in total. The molecule has 1 saturated heterocycles. The molecule has 1 aliphatic carbocycles. The molecule has 1 fully saturated rings. The molecule has 144 valence electrons. The lowest BCUT2D eigenvalue weighted by atomic mass is 9.93. The zero-order valence-corrected chi connectivity index (χ0v) is 16.6. The van der Waals surface area contributed by atoms with Crippen LogP contribution >= 0.6 is 0 Å². The number of para-hydroxylation sites is 1. The van der Waals surface area contributed by atoms with E-state index < -0.39 is 0 Å². The Bertz CT molecular complexity index is 722. The van der Waals surface area contributed by atoms with Crippen LogP contribution in [0.4, 0.5) is 5.69 Å². The second kappa shape index (κ2) is 8.83. The number of piperidine rings is 1. The molecular weight excluding hydrogens is 332 g/mol. The van der Waals surface area contributed by atoms with Crippen LogP contribution in [-0.4, -0.2) is 47.6 Å². The molecule has 0 radical (unpaired) electrons. The van der Waals surface area contributed by atoms with Gasteiger partial charge in [-0.2, -0.15) is 0 Å². The van der Waals surface area contributed by atoms with E-state index in [1.54, 1.807) is 6.33 Å². The quantitative estimate of drug-likeness (QED) is 0.778. The minimum Gasteiger partial charge on any atom is -0.372 e. The van der Waals surface area contributed by atoms with Crippen molar-refractivity contribution in [3.05, 3.63) is 53.6 Å². The molecule has 0 amide bonds. The SMILES string of the molecule is CN(c1ccccc1)C1CCN(CCCc2ncnc3c2CCCC3)CC1.